The first-order chi connectivity index (χ1) is 21.6. The molecular formula is C35H35ClN2O5S2. The lowest BCUT2D eigenvalue weighted by Gasteiger charge is -2.49. The summed E-state index contributed by atoms with van der Waals surface area (Å²) >= 11 is 6.15. The molecule has 0 radical (unpaired) electrons. The summed E-state index contributed by atoms with van der Waals surface area (Å²) in [6.45, 7) is 4.15. The van der Waals surface area contributed by atoms with Gasteiger partial charge in [0.25, 0.3) is 0 Å². The summed E-state index contributed by atoms with van der Waals surface area (Å²) in [5, 5.41) is 0.435. The van der Waals surface area contributed by atoms with Crippen molar-refractivity contribution < 1.29 is 21.6 Å². The van der Waals surface area contributed by atoms with Gasteiger partial charge >= 0.3 is 0 Å². The zero-order valence-corrected chi connectivity index (χ0v) is 27.5. The Labute approximate surface area is 270 Å². The molecule has 3 atom stereocenters. The third-order valence-corrected chi connectivity index (χ3v) is 12.6. The zero-order valence-electron chi connectivity index (χ0n) is 25.1. The van der Waals surface area contributed by atoms with Crippen LogP contribution in [0.25, 0.3) is 0 Å². The zero-order chi connectivity index (χ0) is 31.8. The van der Waals surface area contributed by atoms with E-state index in [1.165, 1.54) is 16.4 Å². The van der Waals surface area contributed by atoms with Crippen LogP contribution in [0.4, 0.5) is 0 Å². The minimum Gasteiger partial charge on any atom is -0.498 e. The maximum absolute atomic E-state index is 14.7. The quantitative estimate of drug-likeness (QED) is 0.198. The van der Waals surface area contributed by atoms with Gasteiger partial charge in [0.2, 0.25) is 20.0 Å². The summed E-state index contributed by atoms with van der Waals surface area (Å²) in [4.78, 5) is 0.313. The normalized spacial score (nSPS) is 21.4. The molecule has 0 saturated carbocycles. The van der Waals surface area contributed by atoms with E-state index in [4.69, 9.17) is 16.3 Å². The monoisotopic (exact) mass is 662 g/mol. The van der Waals surface area contributed by atoms with Crippen LogP contribution in [0.2, 0.25) is 5.02 Å². The first-order valence-electron chi connectivity index (χ1n) is 14.9. The van der Waals surface area contributed by atoms with E-state index < -0.39 is 38.2 Å². The van der Waals surface area contributed by atoms with Crippen LogP contribution in [0.15, 0.2) is 130 Å². The number of rotatable bonds is 8. The Morgan fingerprint density at radius 2 is 1.24 bits per heavy atom. The highest BCUT2D eigenvalue weighted by atomic mass is 35.5. The molecule has 0 aromatic heterocycles. The summed E-state index contributed by atoms with van der Waals surface area (Å²) in [6.07, 6.45) is 0.474. The fourth-order valence-electron chi connectivity index (χ4n) is 6.40. The van der Waals surface area contributed by atoms with Crippen molar-refractivity contribution >= 4 is 31.6 Å². The fraction of sp³-hybridized carbons (Fsp3) is 0.257. The van der Waals surface area contributed by atoms with Gasteiger partial charge in [-0.2, -0.15) is 8.61 Å². The number of hydrogen-bond donors (Lipinski definition) is 0. The number of ether oxygens (including phenoxy) is 1. The van der Waals surface area contributed by atoms with Crippen molar-refractivity contribution in [3.8, 4) is 0 Å². The molecule has 0 bridgehead atoms. The maximum Gasteiger partial charge on any atom is 0.244 e. The Bertz CT molecular complexity index is 1900. The molecule has 4 aromatic rings. The summed E-state index contributed by atoms with van der Waals surface area (Å²) in [5.74, 6) is 0.634. The fourth-order valence-corrected chi connectivity index (χ4v) is 9.94. The molecule has 2 heterocycles. The van der Waals surface area contributed by atoms with Crippen LogP contribution in [0.1, 0.15) is 48.5 Å². The van der Waals surface area contributed by atoms with Gasteiger partial charge in [0.05, 0.1) is 40.3 Å². The highest BCUT2D eigenvalue weighted by Gasteiger charge is 2.51. The van der Waals surface area contributed by atoms with Crippen molar-refractivity contribution in [2.75, 3.05) is 13.2 Å². The molecule has 45 heavy (non-hydrogen) atoms. The molecule has 1 fully saturated rings. The van der Waals surface area contributed by atoms with Crippen molar-refractivity contribution in [2.45, 2.75) is 54.6 Å². The maximum atomic E-state index is 14.7. The van der Waals surface area contributed by atoms with Crippen LogP contribution >= 0.6 is 11.6 Å². The first kappa shape index (κ1) is 31.5. The average molecular weight is 663 g/mol. The Balaban J connectivity index is 1.55. The molecule has 10 heteroatoms. The van der Waals surface area contributed by atoms with Crippen LogP contribution in [-0.4, -0.2) is 44.6 Å². The summed E-state index contributed by atoms with van der Waals surface area (Å²) < 4.78 is 67.4. The summed E-state index contributed by atoms with van der Waals surface area (Å²) in [6, 6.07) is 30.1. The second-order valence-electron chi connectivity index (χ2n) is 11.3. The summed E-state index contributed by atoms with van der Waals surface area (Å²) in [5.41, 5.74) is 3.23. The second-order valence-corrected chi connectivity index (χ2v) is 15.5. The lowest BCUT2D eigenvalue weighted by Crippen LogP contribution is -2.54. The summed E-state index contributed by atoms with van der Waals surface area (Å²) in [7, 11) is -8.06. The Kier molecular flexibility index (Phi) is 8.91. The van der Waals surface area contributed by atoms with Crippen LogP contribution < -0.4 is 0 Å². The van der Waals surface area contributed by atoms with Gasteiger partial charge in [-0.15, -0.1) is 0 Å². The Morgan fingerprint density at radius 1 is 0.711 bits per heavy atom. The standard InChI is InChI=1S/C35H35ClN2O5S2/c1-3-43-35-23-33(27-12-8-5-9-13-27)38(45(41,42)30-20-16-28(36)17-21-30)34-22-32(26-10-6-4-7-11-26)37(24-31(34)35)44(39,40)29-18-14-25(2)15-19-29/h4-21,32-34H,3,22-24H2,1-2H3/t32-,33-,34-/m0/s1. The molecule has 4 aromatic carbocycles. The number of sulfonamides is 2. The van der Waals surface area contributed by atoms with Gasteiger partial charge in [-0.05, 0) is 67.8 Å². The molecule has 1 saturated heterocycles. The third kappa shape index (κ3) is 6.07. The van der Waals surface area contributed by atoms with Gasteiger partial charge < -0.3 is 4.74 Å². The molecule has 0 unspecified atom stereocenters. The number of halogens is 1. The molecule has 234 valence electrons. The van der Waals surface area contributed by atoms with Crippen molar-refractivity contribution in [2.24, 2.45) is 0 Å². The smallest absolute Gasteiger partial charge is 0.244 e. The number of fused-ring (bicyclic) bond motifs is 1. The predicted octanol–water partition coefficient (Wildman–Crippen LogP) is 7.28. The molecule has 0 amide bonds. The van der Waals surface area contributed by atoms with Crippen molar-refractivity contribution in [1.29, 1.82) is 0 Å². The Hall–Kier alpha value is -3.47. The highest BCUT2D eigenvalue weighted by Crippen LogP contribution is 2.49. The van der Waals surface area contributed by atoms with E-state index in [-0.39, 0.29) is 29.2 Å². The molecule has 2 aliphatic rings. The number of hydrogen-bond acceptors (Lipinski definition) is 5. The van der Waals surface area contributed by atoms with Gasteiger partial charge in [-0.3, -0.25) is 0 Å². The van der Waals surface area contributed by atoms with Crippen molar-refractivity contribution in [3.63, 3.8) is 0 Å². The topological polar surface area (TPSA) is 84.0 Å². The number of benzene rings is 4. The molecule has 2 aliphatic heterocycles. The number of piperidine rings is 1. The SMILES string of the molecule is CCOC1=C2CN(S(=O)(=O)c3ccc(C)cc3)[C@H](c3ccccc3)C[C@@H]2N(S(=O)(=O)c2ccc(Cl)cc2)[C@H](c2ccccc2)C1. The van der Waals surface area contributed by atoms with Crippen molar-refractivity contribution in [1.82, 2.24) is 8.61 Å². The van der Waals surface area contributed by atoms with Crippen LogP contribution in [0.3, 0.4) is 0 Å². The molecule has 0 spiro atoms. The van der Waals surface area contributed by atoms with E-state index in [1.807, 2.05) is 74.5 Å². The largest absolute Gasteiger partial charge is 0.498 e. The van der Waals surface area contributed by atoms with E-state index in [0.717, 1.165) is 16.7 Å². The number of aryl methyl sites for hydroxylation is 1. The molecular weight excluding hydrogens is 628 g/mol. The van der Waals surface area contributed by atoms with E-state index in [1.54, 1.807) is 40.7 Å². The third-order valence-electron chi connectivity index (χ3n) is 8.58. The van der Waals surface area contributed by atoms with Gasteiger partial charge in [-0.25, -0.2) is 16.8 Å². The van der Waals surface area contributed by atoms with Gasteiger partial charge in [0, 0.05) is 23.6 Å². The minimum atomic E-state index is -4.08. The molecule has 0 N–H and O–H groups in total. The highest BCUT2D eigenvalue weighted by molar-refractivity contribution is 7.89. The van der Waals surface area contributed by atoms with Gasteiger partial charge in [0.15, 0.2) is 0 Å². The van der Waals surface area contributed by atoms with E-state index in [0.29, 0.717) is 23.0 Å². The van der Waals surface area contributed by atoms with E-state index in [2.05, 4.69) is 0 Å². The predicted molar refractivity (Wildman–Crippen MR) is 176 cm³/mol. The first-order valence-corrected chi connectivity index (χ1v) is 18.2. The molecule has 6 rings (SSSR count). The van der Waals surface area contributed by atoms with Gasteiger partial charge in [0.1, 0.15) is 0 Å². The second kappa shape index (κ2) is 12.7. The van der Waals surface area contributed by atoms with Gasteiger partial charge in [-0.1, -0.05) is 90.0 Å². The van der Waals surface area contributed by atoms with E-state index >= 15 is 0 Å². The average Bonchev–Trinajstić information content (AvgIpc) is 3.05. The molecule has 7 nitrogen and oxygen atoms in total. The number of nitrogens with zero attached hydrogens (tertiary/aromatic N) is 2. The minimum absolute atomic E-state index is 0.0100. The van der Waals surface area contributed by atoms with Crippen LogP contribution in [-0.2, 0) is 24.8 Å². The van der Waals surface area contributed by atoms with Crippen LogP contribution in [0, 0.1) is 6.92 Å². The van der Waals surface area contributed by atoms with Crippen LogP contribution in [0.5, 0.6) is 0 Å². The Morgan fingerprint density at radius 3 is 1.82 bits per heavy atom. The van der Waals surface area contributed by atoms with E-state index in [9.17, 15) is 16.8 Å². The lowest BCUT2D eigenvalue weighted by atomic mass is 9.84. The molecule has 0 aliphatic carbocycles. The lowest BCUT2D eigenvalue weighted by molar-refractivity contribution is 0.118. The van der Waals surface area contributed by atoms with Crippen molar-refractivity contribution in [3.05, 3.63) is 142 Å².